The van der Waals surface area contributed by atoms with Crippen LogP contribution in [-0.2, 0) is 16.4 Å². The van der Waals surface area contributed by atoms with Gasteiger partial charge in [-0.1, -0.05) is 0 Å². The summed E-state index contributed by atoms with van der Waals surface area (Å²) in [6.07, 6.45) is 2.54. The van der Waals surface area contributed by atoms with Crippen LogP contribution in [-0.4, -0.2) is 30.1 Å². The molecule has 0 bridgehead atoms. The van der Waals surface area contributed by atoms with Crippen LogP contribution in [0.2, 0.25) is 0 Å². The molecule has 0 aliphatic rings. The summed E-state index contributed by atoms with van der Waals surface area (Å²) in [5.74, 6) is 0.694. The van der Waals surface area contributed by atoms with Crippen molar-refractivity contribution in [3.8, 4) is 6.07 Å². The summed E-state index contributed by atoms with van der Waals surface area (Å²) in [6.45, 7) is 0.234. The number of anilines is 1. The van der Waals surface area contributed by atoms with Crippen molar-refractivity contribution in [2.24, 2.45) is 0 Å². The molecular formula is C12H14N6O2S. The van der Waals surface area contributed by atoms with Crippen molar-refractivity contribution in [3.05, 3.63) is 35.9 Å². The Morgan fingerprint density at radius 2 is 2.24 bits per heavy atom. The Morgan fingerprint density at radius 1 is 1.43 bits per heavy atom. The number of aryl methyl sites for hydroxylation is 1. The lowest BCUT2D eigenvalue weighted by Gasteiger charge is -2.08. The van der Waals surface area contributed by atoms with Gasteiger partial charge in [-0.15, -0.1) is 0 Å². The van der Waals surface area contributed by atoms with Crippen LogP contribution in [0.1, 0.15) is 17.8 Å². The molecule has 4 N–H and O–H groups in total. The second-order valence-electron chi connectivity index (χ2n) is 4.30. The minimum absolute atomic E-state index is 0.0257. The van der Waals surface area contributed by atoms with Crippen molar-refractivity contribution < 1.29 is 8.42 Å². The monoisotopic (exact) mass is 306 g/mol. The van der Waals surface area contributed by atoms with E-state index in [1.54, 1.807) is 0 Å². The Labute approximate surface area is 122 Å². The van der Waals surface area contributed by atoms with Crippen LogP contribution < -0.4 is 10.5 Å². The van der Waals surface area contributed by atoms with Gasteiger partial charge in [-0.3, -0.25) is 5.10 Å². The van der Waals surface area contributed by atoms with E-state index in [0.717, 1.165) is 0 Å². The maximum atomic E-state index is 12.1. The number of H-pyrrole nitrogens is 1. The third-order valence-electron chi connectivity index (χ3n) is 2.76. The molecule has 9 heteroatoms. The molecule has 0 spiro atoms. The third-order valence-corrected chi connectivity index (χ3v) is 4.28. The summed E-state index contributed by atoms with van der Waals surface area (Å²) in [5, 5.41) is 15.4. The molecule has 0 aliphatic carbocycles. The third kappa shape index (κ3) is 3.77. The van der Waals surface area contributed by atoms with Gasteiger partial charge < -0.3 is 5.73 Å². The molecule has 21 heavy (non-hydrogen) atoms. The first-order valence-electron chi connectivity index (χ1n) is 6.16. The van der Waals surface area contributed by atoms with Crippen LogP contribution in [0.3, 0.4) is 0 Å². The molecule has 1 aromatic heterocycles. The van der Waals surface area contributed by atoms with E-state index in [1.165, 1.54) is 24.5 Å². The molecule has 0 unspecified atom stereocenters. The summed E-state index contributed by atoms with van der Waals surface area (Å²) in [5.41, 5.74) is 5.91. The Balaban J connectivity index is 2.00. The summed E-state index contributed by atoms with van der Waals surface area (Å²) in [6, 6.07) is 5.94. The molecule has 1 heterocycles. The first kappa shape index (κ1) is 15.0. The molecule has 0 atom stereocenters. The van der Waals surface area contributed by atoms with Crippen LogP contribution in [0.4, 0.5) is 5.69 Å². The Kier molecular flexibility index (Phi) is 4.52. The minimum Gasteiger partial charge on any atom is -0.399 e. The van der Waals surface area contributed by atoms with Crippen LogP contribution in [0, 0.1) is 11.3 Å². The second-order valence-corrected chi connectivity index (χ2v) is 6.04. The number of hydrogen-bond donors (Lipinski definition) is 3. The van der Waals surface area contributed by atoms with Crippen molar-refractivity contribution in [3.63, 3.8) is 0 Å². The standard InChI is InChI=1S/C12H14N6O2S/c13-7-9-6-10(14)3-4-11(9)21(19,20)17-5-1-2-12-15-8-16-18-12/h3-4,6,8,17H,1-2,5,14H2,(H,15,16,18). The molecule has 8 nitrogen and oxygen atoms in total. The quantitative estimate of drug-likeness (QED) is 0.514. The number of nitrogens with one attached hydrogen (secondary N) is 2. The van der Waals surface area contributed by atoms with Crippen molar-refractivity contribution in [1.82, 2.24) is 19.9 Å². The molecular weight excluding hydrogens is 292 g/mol. The van der Waals surface area contributed by atoms with Crippen molar-refractivity contribution >= 4 is 15.7 Å². The lowest BCUT2D eigenvalue weighted by molar-refractivity contribution is 0.578. The molecule has 0 amide bonds. The lowest BCUT2D eigenvalue weighted by Crippen LogP contribution is -2.26. The summed E-state index contributed by atoms with van der Waals surface area (Å²) in [4.78, 5) is 3.87. The zero-order chi connectivity index (χ0) is 15.3. The van der Waals surface area contributed by atoms with Crippen LogP contribution >= 0.6 is 0 Å². The van der Waals surface area contributed by atoms with Crippen LogP contribution in [0.15, 0.2) is 29.4 Å². The maximum absolute atomic E-state index is 12.1. The van der Waals surface area contributed by atoms with Gasteiger partial charge >= 0.3 is 0 Å². The molecule has 2 rings (SSSR count). The van der Waals surface area contributed by atoms with E-state index in [-0.39, 0.29) is 17.0 Å². The number of nitrogens with zero attached hydrogens (tertiary/aromatic N) is 3. The van der Waals surface area contributed by atoms with Crippen molar-refractivity contribution in [1.29, 1.82) is 5.26 Å². The molecule has 1 aromatic carbocycles. The highest BCUT2D eigenvalue weighted by molar-refractivity contribution is 7.89. The van der Waals surface area contributed by atoms with Gasteiger partial charge in [-0.05, 0) is 24.6 Å². The molecule has 0 radical (unpaired) electrons. The van der Waals surface area contributed by atoms with Gasteiger partial charge in [0.05, 0.1) is 10.5 Å². The van der Waals surface area contributed by atoms with E-state index < -0.39 is 10.0 Å². The Morgan fingerprint density at radius 3 is 2.90 bits per heavy atom. The van der Waals surface area contributed by atoms with E-state index in [0.29, 0.717) is 24.4 Å². The Hall–Kier alpha value is -2.44. The summed E-state index contributed by atoms with van der Waals surface area (Å²) < 4.78 is 26.7. The number of nitrogen functional groups attached to an aromatic ring is 1. The predicted molar refractivity (Wildman–Crippen MR) is 75.5 cm³/mol. The van der Waals surface area contributed by atoms with Gasteiger partial charge in [0.2, 0.25) is 10.0 Å². The van der Waals surface area contributed by atoms with E-state index in [4.69, 9.17) is 11.0 Å². The fraction of sp³-hybridized carbons (Fsp3) is 0.250. The number of rotatable bonds is 6. The highest BCUT2D eigenvalue weighted by Crippen LogP contribution is 2.17. The molecule has 110 valence electrons. The number of benzene rings is 1. The van der Waals surface area contributed by atoms with E-state index in [1.807, 2.05) is 6.07 Å². The molecule has 0 saturated carbocycles. The predicted octanol–water partition coefficient (Wildman–Crippen LogP) is 0.170. The van der Waals surface area contributed by atoms with Gasteiger partial charge in [-0.2, -0.15) is 10.4 Å². The number of aromatic nitrogens is 3. The molecule has 0 saturated heterocycles. The zero-order valence-electron chi connectivity index (χ0n) is 11.1. The van der Waals surface area contributed by atoms with Gasteiger partial charge in [0.1, 0.15) is 18.2 Å². The fourth-order valence-corrected chi connectivity index (χ4v) is 2.97. The number of nitriles is 1. The SMILES string of the molecule is N#Cc1cc(N)ccc1S(=O)(=O)NCCCc1ncn[nH]1. The molecule has 2 aromatic rings. The van der Waals surface area contributed by atoms with Gasteiger partial charge in [-0.25, -0.2) is 18.1 Å². The summed E-state index contributed by atoms with van der Waals surface area (Å²) >= 11 is 0. The first-order valence-corrected chi connectivity index (χ1v) is 7.65. The number of nitrogens with two attached hydrogens (primary N) is 1. The van der Waals surface area contributed by atoms with Gasteiger partial charge in [0, 0.05) is 18.7 Å². The number of sulfonamides is 1. The maximum Gasteiger partial charge on any atom is 0.241 e. The topological polar surface area (TPSA) is 138 Å². The highest BCUT2D eigenvalue weighted by Gasteiger charge is 2.18. The van der Waals surface area contributed by atoms with Gasteiger partial charge in [0.15, 0.2) is 0 Å². The first-order chi connectivity index (χ1) is 10.0. The largest absolute Gasteiger partial charge is 0.399 e. The Bertz CT molecular complexity index is 749. The van der Waals surface area contributed by atoms with Crippen molar-refractivity contribution in [2.45, 2.75) is 17.7 Å². The molecule has 0 aliphatic heterocycles. The van der Waals surface area contributed by atoms with Crippen LogP contribution in [0.25, 0.3) is 0 Å². The zero-order valence-corrected chi connectivity index (χ0v) is 11.9. The number of hydrogen-bond acceptors (Lipinski definition) is 6. The highest BCUT2D eigenvalue weighted by atomic mass is 32.2. The normalized spacial score (nSPS) is 11.2. The summed E-state index contributed by atoms with van der Waals surface area (Å²) in [7, 11) is -3.74. The van der Waals surface area contributed by atoms with Crippen LogP contribution in [0.5, 0.6) is 0 Å². The van der Waals surface area contributed by atoms with E-state index in [2.05, 4.69) is 19.9 Å². The van der Waals surface area contributed by atoms with Gasteiger partial charge in [0.25, 0.3) is 0 Å². The average Bonchev–Trinajstić information content (AvgIpc) is 2.96. The van der Waals surface area contributed by atoms with Crippen molar-refractivity contribution in [2.75, 3.05) is 12.3 Å². The van der Waals surface area contributed by atoms with E-state index in [9.17, 15) is 8.42 Å². The fourth-order valence-electron chi connectivity index (χ4n) is 1.76. The smallest absolute Gasteiger partial charge is 0.241 e. The lowest BCUT2D eigenvalue weighted by atomic mass is 10.2. The number of aromatic amines is 1. The second kappa shape index (κ2) is 6.34. The molecule has 0 fully saturated rings. The average molecular weight is 306 g/mol. The minimum atomic E-state index is -3.74. The van der Waals surface area contributed by atoms with E-state index >= 15 is 0 Å².